The van der Waals surface area contributed by atoms with E-state index >= 15 is 0 Å². The third-order valence-corrected chi connectivity index (χ3v) is 3.64. The number of benzene rings is 2. The van der Waals surface area contributed by atoms with Gasteiger partial charge in [0.2, 0.25) is 0 Å². The normalized spacial score (nSPS) is 10.2. The van der Waals surface area contributed by atoms with Gasteiger partial charge in [0, 0.05) is 12.2 Å². The Morgan fingerprint density at radius 3 is 2.26 bits per heavy atom. The van der Waals surface area contributed by atoms with Crippen molar-refractivity contribution in [1.82, 2.24) is 5.32 Å². The number of carbonyl (C=O) groups excluding carboxylic acids is 1. The highest BCUT2D eigenvalue weighted by molar-refractivity contribution is 5.89. The molecule has 0 bridgehead atoms. The van der Waals surface area contributed by atoms with Crippen molar-refractivity contribution in [3.05, 3.63) is 59.7 Å². The standard InChI is InChI=1S/C19H24N2O2/c1-3-4-5-15-6-10-17(11-7-15)21-19(22)20-14-16-8-12-18(23-2)13-9-16/h6-13H,3-5,14H2,1-2H3,(H2,20,21,22). The van der Waals surface area contributed by atoms with Crippen LogP contribution in [0.25, 0.3) is 0 Å². The van der Waals surface area contributed by atoms with Crippen LogP contribution >= 0.6 is 0 Å². The number of anilines is 1. The van der Waals surface area contributed by atoms with E-state index in [9.17, 15) is 4.79 Å². The number of urea groups is 1. The summed E-state index contributed by atoms with van der Waals surface area (Å²) in [6.45, 7) is 2.66. The summed E-state index contributed by atoms with van der Waals surface area (Å²) in [6, 6.07) is 15.4. The van der Waals surface area contributed by atoms with Crippen LogP contribution < -0.4 is 15.4 Å². The van der Waals surface area contributed by atoms with Crippen LogP contribution in [-0.2, 0) is 13.0 Å². The van der Waals surface area contributed by atoms with E-state index in [1.165, 1.54) is 18.4 Å². The minimum Gasteiger partial charge on any atom is -0.497 e. The number of carbonyl (C=O) groups is 1. The molecule has 23 heavy (non-hydrogen) atoms. The van der Waals surface area contributed by atoms with Gasteiger partial charge in [-0.3, -0.25) is 0 Å². The lowest BCUT2D eigenvalue weighted by Gasteiger charge is -2.09. The number of hydrogen-bond donors (Lipinski definition) is 2. The number of ether oxygens (including phenoxy) is 1. The van der Waals surface area contributed by atoms with Crippen molar-refractivity contribution in [2.45, 2.75) is 32.7 Å². The molecule has 0 spiro atoms. The summed E-state index contributed by atoms with van der Waals surface area (Å²) in [5.41, 5.74) is 3.13. The number of nitrogens with one attached hydrogen (secondary N) is 2. The van der Waals surface area contributed by atoms with Crippen LogP contribution in [0.1, 0.15) is 30.9 Å². The maximum absolute atomic E-state index is 11.9. The highest BCUT2D eigenvalue weighted by Crippen LogP contribution is 2.13. The first kappa shape index (κ1) is 16.9. The molecule has 2 aromatic carbocycles. The van der Waals surface area contributed by atoms with Gasteiger partial charge in [-0.1, -0.05) is 37.6 Å². The summed E-state index contributed by atoms with van der Waals surface area (Å²) < 4.78 is 5.11. The second-order valence-corrected chi connectivity index (χ2v) is 5.46. The van der Waals surface area contributed by atoms with Gasteiger partial charge in [-0.25, -0.2) is 4.79 Å². The molecule has 0 radical (unpaired) electrons. The molecular weight excluding hydrogens is 288 g/mol. The third kappa shape index (κ3) is 5.66. The molecule has 0 saturated heterocycles. The van der Waals surface area contributed by atoms with Crippen LogP contribution in [0, 0.1) is 0 Å². The summed E-state index contributed by atoms with van der Waals surface area (Å²) in [4.78, 5) is 11.9. The summed E-state index contributed by atoms with van der Waals surface area (Å²) in [7, 11) is 1.63. The second kappa shape index (κ2) is 8.83. The molecule has 0 fully saturated rings. The molecule has 122 valence electrons. The molecule has 0 saturated carbocycles. The van der Waals surface area contributed by atoms with Crippen LogP contribution in [0.15, 0.2) is 48.5 Å². The van der Waals surface area contributed by atoms with E-state index in [0.717, 1.165) is 23.4 Å². The van der Waals surface area contributed by atoms with Gasteiger partial charge in [-0.15, -0.1) is 0 Å². The Balaban J connectivity index is 1.79. The van der Waals surface area contributed by atoms with Crippen LogP contribution in [0.4, 0.5) is 10.5 Å². The topological polar surface area (TPSA) is 50.4 Å². The molecule has 4 heteroatoms. The Morgan fingerprint density at radius 1 is 1.00 bits per heavy atom. The maximum Gasteiger partial charge on any atom is 0.319 e. The molecule has 2 rings (SSSR count). The third-order valence-electron chi connectivity index (χ3n) is 3.64. The lowest BCUT2D eigenvalue weighted by atomic mass is 10.1. The van der Waals surface area contributed by atoms with Gasteiger partial charge in [0.25, 0.3) is 0 Å². The van der Waals surface area contributed by atoms with Crippen molar-refractivity contribution in [3.63, 3.8) is 0 Å². The summed E-state index contributed by atoms with van der Waals surface area (Å²) in [5, 5.41) is 5.69. The van der Waals surface area contributed by atoms with Gasteiger partial charge in [0.15, 0.2) is 0 Å². The van der Waals surface area contributed by atoms with E-state index in [1.807, 2.05) is 36.4 Å². The number of hydrogen-bond acceptors (Lipinski definition) is 2. The molecule has 2 amide bonds. The molecule has 2 N–H and O–H groups in total. The Morgan fingerprint density at radius 2 is 1.65 bits per heavy atom. The first-order valence-corrected chi connectivity index (χ1v) is 7.98. The number of aryl methyl sites for hydroxylation is 1. The molecular formula is C19H24N2O2. The molecule has 0 aliphatic carbocycles. The zero-order valence-electron chi connectivity index (χ0n) is 13.8. The minimum absolute atomic E-state index is 0.206. The van der Waals surface area contributed by atoms with Gasteiger partial charge in [0.05, 0.1) is 7.11 Å². The highest BCUT2D eigenvalue weighted by atomic mass is 16.5. The van der Waals surface area contributed by atoms with E-state index in [0.29, 0.717) is 6.54 Å². The second-order valence-electron chi connectivity index (χ2n) is 5.46. The van der Waals surface area contributed by atoms with Crippen molar-refractivity contribution in [1.29, 1.82) is 0 Å². The molecule has 0 aliphatic rings. The summed E-state index contributed by atoms with van der Waals surface area (Å²) in [6.07, 6.45) is 3.46. The SMILES string of the molecule is CCCCc1ccc(NC(=O)NCc2ccc(OC)cc2)cc1. The zero-order chi connectivity index (χ0) is 16.5. The fourth-order valence-electron chi connectivity index (χ4n) is 2.24. The highest BCUT2D eigenvalue weighted by Gasteiger charge is 2.02. The van der Waals surface area contributed by atoms with Gasteiger partial charge in [-0.05, 0) is 48.2 Å². The van der Waals surface area contributed by atoms with Crippen LogP contribution in [0.3, 0.4) is 0 Å². The molecule has 0 unspecified atom stereocenters. The lowest BCUT2D eigenvalue weighted by Crippen LogP contribution is -2.28. The Hall–Kier alpha value is -2.49. The molecule has 0 heterocycles. The van der Waals surface area contributed by atoms with Gasteiger partial charge >= 0.3 is 6.03 Å². The predicted molar refractivity (Wildman–Crippen MR) is 93.9 cm³/mol. The largest absolute Gasteiger partial charge is 0.497 e. The summed E-state index contributed by atoms with van der Waals surface area (Å²) in [5.74, 6) is 0.807. The molecule has 4 nitrogen and oxygen atoms in total. The molecule has 2 aromatic rings. The molecule has 0 atom stereocenters. The average Bonchev–Trinajstić information content (AvgIpc) is 2.60. The summed E-state index contributed by atoms with van der Waals surface area (Å²) >= 11 is 0. The first-order valence-electron chi connectivity index (χ1n) is 7.98. The fraction of sp³-hybridized carbons (Fsp3) is 0.316. The van der Waals surface area contributed by atoms with Crippen molar-refractivity contribution in [2.24, 2.45) is 0 Å². The number of rotatable bonds is 7. The quantitative estimate of drug-likeness (QED) is 0.798. The molecule has 0 aliphatic heterocycles. The smallest absolute Gasteiger partial charge is 0.319 e. The van der Waals surface area contributed by atoms with Crippen molar-refractivity contribution >= 4 is 11.7 Å². The van der Waals surface area contributed by atoms with E-state index < -0.39 is 0 Å². The number of methoxy groups -OCH3 is 1. The fourth-order valence-corrected chi connectivity index (χ4v) is 2.24. The maximum atomic E-state index is 11.9. The van der Waals surface area contributed by atoms with Crippen LogP contribution in [0.2, 0.25) is 0 Å². The molecule has 0 aromatic heterocycles. The van der Waals surface area contributed by atoms with E-state index in [1.54, 1.807) is 7.11 Å². The average molecular weight is 312 g/mol. The van der Waals surface area contributed by atoms with E-state index in [-0.39, 0.29) is 6.03 Å². The van der Waals surface area contributed by atoms with Crippen LogP contribution in [-0.4, -0.2) is 13.1 Å². The van der Waals surface area contributed by atoms with E-state index in [2.05, 4.69) is 29.7 Å². The van der Waals surface area contributed by atoms with Crippen molar-refractivity contribution in [3.8, 4) is 5.75 Å². The van der Waals surface area contributed by atoms with Crippen molar-refractivity contribution in [2.75, 3.05) is 12.4 Å². The van der Waals surface area contributed by atoms with Gasteiger partial charge < -0.3 is 15.4 Å². The monoisotopic (exact) mass is 312 g/mol. The van der Waals surface area contributed by atoms with Gasteiger partial charge in [-0.2, -0.15) is 0 Å². The lowest BCUT2D eigenvalue weighted by molar-refractivity contribution is 0.251. The predicted octanol–water partition coefficient (Wildman–Crippen LogP) is 4.36. The Labute approximate surface area is 137 Å². The Kier molecular flexibility index (Phi) is 6.48. The Bertz CT molecular complexity index is 606. The van der Waals surface area contributed by atoms with Crippen LogP contribution in [0.5, 0.6) is 5.75 Å². The first-order chi connectivity index (χ1) is 11.2. The van der Waals surface area contributed by atoms with Gasteiger partial charge in [0.1, 0.15) is 5.75 Å². The minimum atomic E-state index is -0.206. The van der Waals surface area contributed by atoms with E-state index in [4.69, 9.17) is 4.74 Å². The number of amides is 2. The number of unbranched alkanes of at least 4 members (excludes halogenated alkanes) is 1. The zero-order valence-corrected chi connectivity index (χ0v) is 13.8. The van der Waals surface area contributed by atoms with Crippen molar-refractivity contribution < 1.29 is 9.53 Å².